The van der Waals surface area contributed by atoms with E-state index >= 15 is 0 Å². The molecule has 3 aliphatic rings. The van der Waals surface area contributed by atoms with Gasteiger partial charge in [-0.1, -0.05) is 34.8 Å². The number of carbonyl (C=O) groups excluding carboxylic acids is 2. The molecule has 168 valence electrons. The number of hydrogen-bond donors (Lipinski definition) is 1. The molecule has 1 saturated heterocycles. The van der Waals surface area contributed by atoms with Crippen molar-refractivity contribution in [3.8, 4) is 0 Å². The van der Waals surface area contributed by atoms with Gasteiger partial charge in [-0.3, -0.25) is 9.59 Å². The summed E-state index contributed by atoms with van der Waals surface area (Å²) in [5.74, 6) is 1.14. The van der Waals surface area contributed by atoms with Crippen molar-refractivity contribution in [1.29, 1.82) is 0 Å². The number of amides is 2. The lowest BCUT2D eigenvalue weighted by Gasteiger charge is -2.21. The number of benzene rings is 1. The first-order chi connectivity index (χ1) is 14.8. The van der Waals surface area contributed by atoms with Gasteiger partial charge in [-0.25, -0.2) is 8.42 Å². The third-order valence-corrected chi connectivity index (χ3v) is 9.06. The normalized spacial score (nSPS) is 25.2. The molecule has 0 bridgehead atoms. The van der Waals surface area contributed by atoms with Gasteiger partial charge in [-0.2, -0.15) is 0 Å². The van der Waals surface area contributed by atoms with Crippen LogP contribution in [0.4, 0.5) is 0 Å². The van der Waals surface area contributed by atoms with Crippen molar-refractivity contribution >= 4 is 49.3 Å². The fraction of sp³-hybridized carbons (Fsp3) is 0.545. The molecule has 2 amide bonds. The van der Waals surface area contributed by atoms with Crippen molar-refractivity contribution in [3.05, 3.63) is 39.7 Å². The summed E-state index contributed by atoms with van der Waals surface area (Å²) in [7, 11) is -3.29. The highest BCUT2D eigenvalue weighted by atomic mass is 79.9. The molecule has 1 aromatic carbocycles. The van der Waals surface area contributed by atoms with Crippen LogP contribution in [-0.2, 0) is 19.4 Å². The van der Waals surface area contributed by atoms with Crippen LogP contribution in [0.15, 0.2) is 44.6 Å². The molecule has 4 rings (SSSR count). The third kappa shape index (κ3) is 6.35. The van der Waals surface area contributed by atoms with Crippen molar-refractivity contribution in [2.45, 2.75) is 43.0 Å². The lowest BCUT2D eigenvalue weighted by atomic mass is 9.96. The van der Waals surface area contributed by atoms with E-state index in [1.165, 1.54) is 24.6 Å². The van der Waals surface area contributed by atoms with Crippen LogP contribution in [0.25, 0.3) is 0 Å². The molecule has 2 aliphatic heterocycles. The largest absolute Gasteiger partial charge is 0.347 e. The highest BCUT2D eigenvalue weighted by Gasteiger charge is 2.39. The first-order valence-electron chi connectivity index (χ1n) is 10.7. The van der Waals surface area contributed by atoms with E-state index in [-0.39, 0.29) is 29.5 Å². The third-order valence-electron chi connectivity index (χ3n) is 6.09. The molecule has 2 atom stereocenters. The Hall–Kier alpha value is -1.32. The Morgan fingerprint density at radius 3 is 2.74 bits per heavy atom. The SMILES string of the molecule is O=C(N[C@@H]1CN(C(=O)CSc2cccc(Br)c2)C[C@H]1CC1CC1)C1=CS(=O)(=O)CCC1. The number of carbonyl (C=O) groups is 2. The zero-order valence-corrected chi connectivity index (χ0v) is 20.5. The molecule has 1 aromatic rings. The number of sulfone groups is 1. The predicted octanol–water partition coefficient (Wildman–Crippen LogP) is 3.38. The number of thioether (sulfide) groups is 1. The number of hydrogen-bond acceptors (Lipinski definition) is 5. The average Bonchev–Trinajstić information content (AvgIpc) is 3.45. The van der Waals surface area contributed by atoms with Crippen LogP contribution < -0.4 is 5.32 Å². The molecule has 2 fully saturated rings. The fourth-order valence-corrected chi connectivity index (χ4v) is 7.01. The topological polar surface area (TPSA) is 83.6 Å². The van der Waals surface area contributed by atoms with Gasteiger partial charge in [0.2, 0.25) is 11.8 Å². The van der Waals surface area contributed by atoms with Crippen LogP contribution >= 0.6 is 27.7 Å². The van der Waals surface area contributed by atoms with E-state index in [1.54, 1.807) is 0 Å². The summed E-state index contributed by atoms with van der Waals surface area (Å²) in [5, 5.41) is 4.19. The first kappa shape index (κ1) is 22.9. The van der Waals surface area contributed by atoms with Gasteiger partial charge in [-0.15, -0.1) is 11.8 Å². The lowest BCUT2D eigenvalue weighted by Crippen LogP contribution is -2.42. The minimum Gasteiger partial charge on any atom is -0.347 e. The van der Waals surface area contributed by atoms with Gasteiger partial charge in [0.25, 0.3) is 0 Å². The highest BCUT2D eigenvalue weighted by molar-refractivity contribution is 9.10. The van der Waals surface area contributed by atoms with Crippen molar-refractivity contribution in [2.75, 3.05) is 24.6 Å². The van der Waals surface area contributed by atoms with Crippen LogP contribution in [-0.4, -0.2) is 55.8 Å². The van der Waals surface area contributed by atoms with Crippen LogP contribution in [0.5, 0.6) is 0 Å². The highest BCUT2D eigenvalue weighted by Crippen LogP contribution is 2.38. The van der Waals surface area contributed by atoms with E-state index in [1.807, 2.05) is 29.2 Å². The number of nitrogens with zero attached hydrogens (tertiary/aromatic N) is 1. The summed E-state index contributed by atoms with van der Waals surface area (Å²) < 4.78 is 24.7. The zero-order chi connectivity index (χ0) is 22.0. The number of nitrogens with one attached hydrogen (secondary N) is 1. The second kappa shape index (κ2) is 9.67. The van der Waals surface area contributed by atoms with Gasteiger partial charge in [0, 0.05) is 33.4 Å². The van der Waals surface area contributed by atoms with Gasteiger partial charge >= 0.3 is 0 Å². The maximum absolute atomic E-state index is 12.9. The maximum Gasteiger partial charge on any atom is 0.248 e. The van der Waals surface area contributed by atoms with E-state index in [9.17, 15) is 18.0 Å². The molecule has 9 heteroatoms. The number of halogens is 1. The Bertz CT molecular complexity index is 991. The van der Waals surface area contributed by atoms with Crippen LogP contribution in [0.2, 0.25) is 0 Å². The van der Waals surface area contributed by atoms with Crippen LogP contribution in [0.3, 0.4) is 0 Å². The molecule has 1 aliphatic carbocycles. The minimum absolute atomic E-state index is 0.0713. The van der Waals surface area contributed by atoms with Crippen molar-refractivity contribution in [3.63, 3.8) is 0 Å². The molecule has 0 radical (unpaired) electrons. The Morgan fingerprint density at radius 2 is 2.03 bits per heavy atom. The van der Waals surface area contributed by atoms with Crippen molar-refractivity contribution < 1.29 is 18.0 Å². The van der Waals surface area contributed by atoms with Crippen molar-refractivity contribution in [1.82, 2.24) is 10.2 Å². The molecule has 0 unspecified atom stereocenters. The summed E-state index contributed by atoms with van der Waals surface area (Å²) in [6.45, 7) is 1.14. The van der Waals surface area contributed by atoms with E-state index in [0.717, 1.165) is 21.2 Å². The first-order valence-corrected chi connectivity index (χ1v) is 14.2. The Kier molecular flexibility index (Phi) is 7.13. The summed E-state index contributed by atoms with van der Waals surface area (Å²) in [6, 6.07) is 7.75. The summed E-state index contributed by atoms with van der Waals surface area (Å²) >= 11 is 4.96. The predicted molar refractivity (Wildman–Crippen MR) is 125 cm³/mol. The average molecular weight is 528 g/mol. The Labute approximate surface area is 196 Å². The zero-order valence-electron chi connectivity index (χ0n) is 17.3. The maximum atomic E-state index is 12.9. The van der Waals surface area contributed by atoms with Crippen molar-refractivity contribution in [2.24, 2.45) is 11.8 Å². The Balaban J connectivity index is 1.38. The smallest absolute Gasteiger partial charge is 0.248 e. The molecule has 1 N–H and O–H groups in total. The molecule has 31 heavy (non-hydrogen) atoms. The number of rotatable bonds is 7. The molecule has 0 aromatic heterocycles. The standard InChI is InChI=1S/C22H27BrN2O4S2/c23-18-4-1-5-19(10-18)30-13-21(26)25-11-17(9-15-6-7-15)20(12-25)24-22(27)16-3-2-8-31(28,29)14-16/h1,4-5,10,14-15,17,20H,2-3,6-9,11-13H2,(H,24,27)/t17-,20-/m1/s1. The molecule has 1 saturated carbocycles. The molecule has 2 heterocycles. The quantitative estimate of drug-likeness (QED) is 0.550. The fourth-order valence-electron chi connectivity index (χ4n) is 4.28. The monoisotopic (exact) mass is 526 g/mol. The second-order valence-corrected chi connectivity index (χ2v) is 12.6. The molecule has 0 spiro atoms. The minimum atomic E-state index is -3.29. The molecular formula is C22H27BrN2O4S2. The molecular weight excluding hydrogens is 500 g/mol. The number of likely N-dealkylation sites (tertiary alicyclic amines) is 1. The van der Waals surface area contributed by atoms with Gasteiger partial charge in [0.15, 0.2) is 9.84 Å². The van der Waals surface area contributed by atoms with E-state index in [2.05, 4.69) is 21.2 Å². The van der Waals surface area contributed by atoms with Gasteiger partial charge < -0.3 is 10.2 Å². The van der Waals surface area contributed by atoms with Crippen LogP contribution in [0.1, 0.15) is 32.1 Å². The van der Waals surface area contributed by atoms with Gasteiger partial charge in [-0.05, 0) is 49.3 Å². The van der Waals surface area contributed by atoms with Crippen LogP contribution in [0, 0.1) is 11.8 Å². The van der Waals surface area contributed by atoms with E-state index < -0.39 is 9.84 Å². The van der Waals surface area contributed by atoms with E-state index in [4.69, 9.17) is 0 Å². The summed E-state index contributed by atoms with van der Waals surface area (Å²) in [5.41, 5.74) is 0.339. The summed E-state index contributed by atoms with van der Waals surface area (Å²) in [6.07, 6.45) is 4.40. The molecule has 6 nitrogen and oxygen atoms in total. The Morgan fingerprint density at radius 1 is 1.23 bits per heavy atom. The van der Waals surface area contributed by atoms with E-state index in [0.29, 0.717) is 43.2 Å². The van der Waals surface area contributed by atoms with Gasteiger partial charge in [0.1, 0.15) is 0 Å². The second-order valence-electron chi connectivity index (χ2n) is 8.68. The lowest BCUT2D eigenvalue weighted by molar-refractivity contribution is -0.127. The van der Waals surface area contributed by atoms with Gasteiger partial charge in [0.05, 0.1) is 17.5 Å². The summed E-state index contributed by atoms with van der Waals surface area (Å²) in [4.78, 5) is 28.5.